The van der Waals surface area contributed by atoms with Crippen LogP contribution in [0.5, 0.6) is 0 Å². The number of carbonyl (C=O) groups is 3. The summed E-state index contributed by atoms with van der Waals surface area (Å²) in [6, 6.07) is 1.55. The molecule has 37 heavy (non-hydrogen) atoms. The van der Waals surface area contributed by atoms with Crippen molar-refractivity contribution in [1.82, 2.24) is 24.8 Å². The lowest BCUT2D eigenvalue weighted by atomic mass is 10.1. The van der Waals surface area contributed by atoms with E-state index in [1.165, 1.54) is 37.6 Å². The second kappa shape index (κ2) is 11.1. The number of carbonyl (C=O) groups excluding carboxylic acids is 3. The molecular weight excluding hydrogens is 476 g/mol. The van der Waals surface area contributed by atoms with Crippen molar-refractivity contribution in [2.75, 3.05) is 80.7 Å². The van der Waals surface area contributed by atoms with Gasteiger partial charge in [-0.3, -0.25) is 19.6 Å². The molecule has 5 heterocycles. The maximum atomic E-state index is 13.4. The van der Waals surface area contributed by atoms with Crippen LogP contribution in [0.15, 0.2) is 6.07 Å². The molecule has 4 saturated heterocycles. The summed E-state index contributed by atoms with van der Waals surface area (Å²) in [6.45, 7) is 6.91. The van der Waals surface area contributed by atoms with E-state index in [0.29, 0.717) is 44.2 Å². The predicted octanol–water partition coefficient (Wildman–Crippen LogP) is 0.554. The Labute approximate surface area is 217 Å². The van der Waals surface area contributed by atoms with Crippen molar-refractivity contribution < 1.29 is 19.6 Å². The lowest BCUT2D eigenvalue weighted by Crippen LogP contribution is -2.54. The minimum atomic E-state index is -0.678. The van der Waals surface area contributed by atoms with E-state index in [2.05, 4.69) is 20.8 Å². The third-order valence-corrected chi connectivity index (χ3v) is 7.94. The first-order valence-electron chi connectivity index (χ1n) is 13.6. The van der Waals surface area contributed by atoms with Crippen LogP contribution in [0.2, 0.25) is 0 Å². The molecule has 5 rings (SSSR count). The quantitative estimate of drug-likeness (QED) is 0.330. The van der Waals surface area contributed by atoms with E-state index in [1.54, 1.807) is 0 Å². The molecule has 0 aliphatic carbocycles. The van der Waals surface area contributed by atoms with Gasteiger partial charge in [0.15, 0.2) is 0 Å². The van der Waals surface area contributed by atoms with Crippen LogP contribution < -0.4 is 14.7 Å². The van der Waals surface area contributed by atoms with Crippen molar-refractivity contribution in [3.8, 4) is 0 Å². The third kappa shape index (κ3) is 5.58. The summed E-state index contributed by atoms with van der Waals surface area (Å²) in [5.41, 5.74) is 0. The monoisotopic (exact) mass is 514 g/mol. The average Bonchev–Trinajstić information content (AvgIpc) is 3.70. The highest BCUT2D eigenvalue weighted by Gasteiger charge is 2.38. The smallest absolute Gasteiger partial charge is 0.255 e. The summed E-state index contributed by atoms with van der Waals surface area (Å²) >= 11 is 0. The Balaban J connectivity index is 1.24. The van der Waals surface area contributed by atoms with Gasteiger partial charge in [0.25, 0.3) is 5.91 Å². The molecule has 1 unspecified atom stereocenters. The zero-order valence-corrected chi connectivity index (χ0v) is 21.7. The molecule has 12 nitrogen and oxygen atoms in total. The van der Waals surface area contributed by atoms with E-state index < -0.39 is 24.3 Å². The Hall–Kier alpha value is -3.15. The normalized spacial score (nSPS) is 22.2. The Kier molecular flexibility index (Phi) is 7.63. The van der Waals surface area contributed by atoms with E-state index in [9.17, 15) is 19.6 Å². The maximum Gasteiger partial charge on any atom is 0.255 e. The minimum Gasteiger partial charge on any atom is -0.356 e. The number of aromatic nitrogens is 2. The highest BCUT2D eigenvalue weighted by Crippen LogP contribution is 2.28. The Morgan fingerprint density at radius 2 is 1.41 bits per heavy atom. The topological polar surface area (TPSA) is 117 Å². The molecule has 0 radical (unpaired) electrons. The summed E-state index contributed by atoms with van der Waals surface area (Å²) in [7, 11) is 1.20. The number of piperazine rings is 1. The fraction of sp³-hybridized carbons (Fsp3) is 0.720. The van der Waals surface area contributed by atoms with Crippen molar-refractivity contribution >= 4 is 35.3 Å². The van der Waals surface area contributed by atoms with E-state index in [-0.39, 0.29) is 5.91 Å². The lowest BCUT2D eigenvalue weighted by Gasteiger charge is -2.38. The summed E-state index contributed by atoms with van der Waals surface area (Å²) in [6.07, 6.45) is 5.59. The SMILES string of the molecule is CN(O)C(=O)CC(=O)N1CCCC1C(=O)N1CCN(c2cc(N3CCCC3)nc(N3CCCC3)n2)CC1. The third-order valence-electron chi connectivity index (χ3n) is 7.94. The van der Waals surface area contributed by atoms with Gasteiger partial charge >= 0.3 is 0 Å². The number of likely N-dealkylation sites (tertiary alicyclic amines) is 1. The van der Waals surface area contributed by atoms with Gasteiger partial charge in [-0.1, -0.05) is 0 Å². The van der Waals surface area contributed by atoms with Gasteiger partial charge in [-0.15, -0.1) is 0 Å². The highest BCUT2D eigenvalue weighted by atomic mass is 16.5. The van der Waals surface area contributed by atoms with Crippen molar-refractivity contribution in [2.24, 2.45) is 0 Å². The molecule has 4 fully saturated rings. The molecule has 12 heteroatoms. The highest BCUT2D eigenvalue weighted by molar-refractivity contribution is 5.98. The van der Waals surface area contributed by atoms with Crippen LogP contribution in [0, 0.1) is 0 Å². The minimum absolute atomic E-state index is 0.0616. The molecule has 4 aliphatic heterocycles. The molecule has 1 aromatic rings. The summed E-state index contributed by atoms with van der Waals surface area (Å²) in [5.74, 6) is 1.56. The van der Waals surface area contributed by atoms with E-state index >= 15 is 0 Å². The van der Waals surface area contributed by atoms with E-state index in [4.69, 9.17) is 9.97 Å². The molecule has 0 spiro atoms. The zero-order chi connectivity index (χ0) is 25.9. The molecule has 1 atom stereocenters. The van der Waals surface area contributed by atoms with Crippen LogP contribution in [0.25, 0.3) is 0 Å². The van der Waals surface area contributed by atoms with Crippen molar-refractivity contribution in [1.29, 1.82) is 0 Å². The molecule has 0 bridgehead atoms. The Bertz CT molecular complexity index is 966. The van der Waals surface area contributed by atoms with E-state index in [0.717, 1.165) is 50.2 Å². The van der Waals surface area contributed by atoms with Crippen molar-refractivity contribution in [3.05, 3.63) is 6.07 Å². The summed E-state index contributed by atoms with van der Waals surface area (Å²) in [5, 5.41) is 9.70. The number of anilines is 3. The summed E-state index contributed by atoms with van der Waals surface area (Å²) in [4.78, 5) is 57.8. The second-order valence-corrected chi connectivity index (χ2v) is 10.4. The Morgan fingerprint density at radius 1 is 0.838 bits per heavy atom. The van der Waals surface area contributed by atoms with Gasteiger partial charge in [0.2, 0.25) is 17.8 Å². The fourth-order valence-corrected chi connectivity index (χ4v) is 5.77. The predicted molar refractivity (Wildman–Crippen MR) is 138 cm³/mol. The Morgan fingerprint density at radius 3 is 2.00 bits per heavy atom. The van der Waals surface area contributed by atoms with Crippen LogP contribution in [-0.2, 0) is 14.4 Å². The number of hydroxylamine groups is 2. The molecule has 1 N–H and O–H groups in total. The van der Waals surface area contributed by atoms with Gasteiger partial charge in [0, 0.05) is 72.0 Å². The fourth-order valence-electron chi connectivity index (χ4n) is 5.77. The largest absolute Gasteiger partial charge is 0.356 e. The van der Waals surface area contributed by atoms with Crippen LogP contribution in [0.4, 0.5) is 17.6 Å². The molecule has 4 aliphatic rings. The van der Waals surface area contributed by atoms with Crippen LogP contribution in [0.1, 0.15) is 44.9 Å². The van der Waals surface area contributed by atoms with Crippen molar-refractivity contribution in [2.45, 2.75) is 51.0 Å². The zero-order valence-electron chi connectivity index (χ0n) is 21.7. The van der Waals surface area contributed by atoms with E-state index in [1.807, 2.05) is 4.90 Å². The molecule has 0 aromatic carbocycles. The molecule has 202 valence electrons. The number of hydrogen-bond acceptors (Lipinski definition) is 9. The second-order valence-electron chi connectivity index (χ2n) is 10.4. The number of rotatable bonds is 6. The number of hydrogen-bond donors (Lipinski definition) is 1. The van der Waals surface area contributed by atoms with Gasteiger partial charge in [-0.2, -0.15) is 9.97 Å². The lowest BCUT2D eigenvalue weighted by molar-refractivity contribution is -0.163. The maximum absolute atomic E-state index is 13.4. The van der Waals surface area contributed by atoms with Gasteiger partial charge in [-0.25, -0.2) is 5.06 Å². The first-order chi connectivity index (χ1) is 17.9. The van der Waals surface area contributed by atoms with Gasteiger partial charge in [0.1, 0.15) is 24.1 Å². The van der Waals surface area contributed by atoms with Crippen LogP contribution >= 0.6 is 0 Å². The number of amides is 3. The molecule has 3 amide bonds. The molecule has 0 saturated carbocycles. The van der Waals surface area contributed by atoms with Crippen molar-refractivity contribution in [3.63, 3.8) is 0 Å². The molecular formula is C25H38N8O4. The number of nitrogens with zero attached hydrogens (tertiary/aromatic N) is 8. The van der Waals surface area contributed by atoms with Gasteiger partial charge in [-0.05, 0) is 38.5 Å². The average molecular weight is 515 g/mol. The standard InChI is InChI=1S/C25H38N8O4/c1-28(37)22(34)18-23(35)33-12-6-7-19(33)24(36)31-15-13-30(14-16-31)21-17-20(29-8-2-3-9-29)26-25(27-21)32-10-4-5-11-32/h17,19,37H,2-16,18H2,1H3. The first kappa shape index (κ1) is 25.5. The molecule has 1 aromatic heterocycles. The first-order valence-corrected chi connectivity index (χ1v) is 13.6. The van der Waals surface area contributed by atoms with Crippen LogP contribution in [-0.4, -0.2) is 120 Å². The van der Waals surface area contributed by atoms with Gasteiger partial charge < -0.3 is 24.5 Å². The van der Waals surface area contributed by atoms with Crippen LogP contribution in [0.3, 0.4) is 0 Å². The van der Waals surface area contributed by atoms with Gasteiger partial charge in [0.05, 0.1) is 0 Å². The summed E-state index contributed by atoms with van der Waals surface area (Å²) < 4.78 is 0.